The minimum absolute atomic E-state index is 0.0619. The smallest absolute Gasteiger partial charge is 0.211 e. The Kier molecular flexibility index (Phi) is 4.39. The van der Waals surface area contributed by atoms with Gasteiger partial charge in [-0.1, -0.05) is 27.7 Å². The highest BCUT2D eigenvalue weighted by Gasteiger charge is 2.42. The second kappa shape index (κ2) is 5.39. The summed E-state index contributed by atoms with van der Waals surface area (Å²) in [4.78, 5) is 28.7. The van der Waals surface area contributed by atoms with Crippen molar-refractivity contribution in [1.29, 1.82) is 0 Å². The van der Waals surface area contributed by atoms with E-state index in [1.165, 1.54) is 0 Å². The van der Waals surface area contributed by atoms with Crippen LogP contribution >= 0.6 is 0 Å². The number of isocyanates is 2. The van der Waals surface area contributed by atoms with Crippen molar-refractivity contribution in [3.8, 4) is 0 Å². The van der Waals surface area contributed by atoms with Gasteiger partial charge in [0.15, 0.2) is 0 Å². The summed E-state index contributed by atoms with van der Waals surface area (Å²) in [6.45, 7) is 8.46. The summed E-state index contributed by atoms with van der Waals surface area (Å²) in [5.41, 5.74) is 0.0924. The van der Waals surface area contributed by atoms with Gasteiger partial charge in [-0.05, 0) is 24.2 Å². The van der Waals surface area contributed by atoms with Gasteiger partial charge in [-0.25, -0.2) is 19.6 Å². The molecule has 94 valence electrons. The van der Waals surface area contributed by atoms with Crippen molar-refractivity contribution >= 4 is 12.2 Å². The van der Waals surface area contributed by atoms with Crippen LogP contribution in [0.5, 0.6) is 0 Å². The average Bonchev–Trinajstić information content (AvgIpc) is 2.22. The zero-order valence-electron chi connectivity index (χ0n) is 10.9. The Labute approximate surface area is 102 Å². The molecular weight excluding hydrogens is 216 g/mol. The van der Waals surface area contributed by atoms with Crippen molar-refractivity contribution in [2.24, 2.45) is 27.2 Å². The molecule has 1 aliphatic rings. The topological polar surface area (TPSA) is 58.9 Å². The summed E-state index contributed by atoms with van der Waals surface area (Å²) in [5.74, 6) is 0.424. The molecule has 0 radical (unpaired) electrons. The lowest BCUT2D eigenvalue weighted by Gasteiger charge is -2.43. The van der Waals surface area contributed by atoms with Gasteiger partial charge in [0.1, 0.15) is 0 Å². The molecule has 4 atom stereocenters. The maximum absolute atomic E-state index is 10.6. The normalized spacial score (nSPS) is 33.4. The molecule has 1 aliphatic carbocycles. The summed E-state index contributed by atoms with van der Waals surface area (Å²) < 4.78 is 0. The van der Waals surface area contributed by atoms with Crippen molar-refractivity contribution in [2.45, 2.75) is 52.6 Å². The number of carbonyl (C=O) groups excluding carboxylic acids is 2. The van der Waals surface area contributed by atoms with Crippen molar-refractivity contribution in [2.75, 3.05) is 0 Å². The first kappa shape index (κ1) is 13.8. The van der Waals surface area contributed by atoms with Gasteiger partial charge in [0, 0.05) is 5.92 Å². The molecule has 1 fully saturated rings. The Bertz CT molecular complexity index is 360. The molecule has 0 aromatic rings. The molecule has 0 amide bonds. The van der Waals surface area contributed by atoms with Gasteiger partial charge in [-0.15, -0.1) is 0 Å². The van der Waals surface area contributed by atoms with Gasteiger partial charge in [0.25, 0.3) is 0 Å². The molecule has 1 saturated carbocycles. The lowest BCUT2D eigenvalue weighted by molar-refractivity contribution is 0.107. The maximum Gasteiger partial charge on any atom is 0.235 e. The zero-order valence-corrected chi connectivity index (χ0v) is 10.9. The van der Waals surface area contributed by atoms with Crippen LogP contribution in [0.1, 0.15) is 40.5 Å². The summed E-state index contributed by atoms with van der Waals surface area (Å²) in [6.07, 6.45) is 5.08. The van der Waals surface area contributed by atoms with Crippen LogP contribution in [-0.4, -0.2) is 24.2 Å². The molecule has 4 heteroatoms. The van der Waals surface area contributed by atoms with E-state index in [0.29, 0.717) is 5.92 Å². The quantitative estimate of drug-likeness (QED) is 0.546. The van der Waals surface area contributed by atoms with Crippen LogP contribution in [0.15, 0.2) is 9.98 Å². The monoisotopic (exact) mass is 236 g/mol. The highest BCUT2D eigenvalue weighted by Crippen LogP contribution is 2.42. The fraction of sp³-hybridized carbons (Fsp3) is 0.846. The standard InChI is InChI=1S/C13H20N2O2/c1-9-11(14-7-16)6-5-10(13(2,3)4)12(9)15-8-17/h9-12H,5-6H2,1-4H3. The molecule has 1 rings (SSSR count). The first-order valence-corrected chi connectivity index (χ1v) is 6.05. The lowest BCUT2D eigenvalue weighted by Crippen LogP contribution is -2.43. The molecule has 0 saturated heterocycles. The summed E-state index contributed by atoms with van der Waals surface area (Å²) in [6, 6.07) is -0.156. The number of rotatable bonds is 2. The second-order valence-corrected chi connectivity index (χ2v) is 5.91. The van der Waals surface area contributed by atoms with Crippen molar-refractivity contribution < 1.29 is 9.59 Å². The van der Waals surface area contributed by atoms with E-state index in [1.807, 2.05) is 6.92 Å². The predicted octanol–water partition coefficient (Wildman–Crippen LogP) is 2.49. The molecule has 0 aromatic heterocycles. The fourth-order valence-electron chi connectivity index (χ4n) is 2.84. The number of hydrogen-bond acceptors (Lipinski definition) is 4. The summed E-state index contributed by atoms with van der Waals surface area (Å²) in [5, 5.41) is 0. The maximum atomic E-state index is 10.6. The Morgan fingerprint density at radius 3 is 2.12 bits per heavy atom. The fourth-order valence-corrected chi connectivity index (χ4v) is 2.84. The van der Waals surface area contributed by atoms with Crippen molar-refractivity contribution in [3.05, 3.63) is 0 Å². The molecule has 17 heavy (non-hydrogen) atoms. The van der Waals surface area contributed by atoms with Crippen LogP contribution in [-0.2, 0) is 9.59 Å². The van der Waals surface area contributed by atoms with E-state index in [0.717, 1.165) is 12.8 Å². The average molecular weight is 236 g/mol. The van der Waals surface area contributed by atoms with Gasteiger partial charge < -0.3 is 0 Å². The zero-order chi connectivity index (χ0) is 13.1. The van der Waals surface area contributed by atoms with Crippen LogP contribution in [0, 0.1) is 17.3 Å². The van der Waals surface area contributed by atoms with E-state index in [4.69, 9.17) is 0 Å². The van der Waals surface area contributed by atoms with Gasteiger partial charge in [0.05, 0.1) is 12.1 Å². The lowest BCUT2D eigenvalue weighted by atomic mass is 9.65. The van der Waals surface area contributed by atoms with E-state index in [-0.39, 0.29) is 23.4 Å². The predicted molar refractivity (Wildman–Crippen MR) is 65.2 cm³/mol. The number of aliphatic imine (C=N–C) groups is 2. The first-order chi connectivity index (χ1) is 7.91. The Hall–Kier alpha value is -1.24. The molecular formula is C13H20N2O2. The molecule has 4 unspecified atom stereocenters. The first-order valence-electron chi connectivity index (χ1n) is 6.05. The third-order valence-corrected chi connectivity index (χ3v) is 3.86. The Morgan fingerprint density at radius 2 is 1.65 bits per heavy atom. The molecule has 0 heterocycles. The molecule has 0 aromatic carbocycles. The third kappa shape index (κ3) is 3.12. The third-order valence-electron chi connectivity index (χ3n) is 3.86. The SMILES string of the molecule is CC1C(N=C=O)CCC(C(C)(C)C)C1N=C=O. The van der Waals surface area contributed by atoms with Crippen LogP contribution in [0.2, 0.25) is 0 Å². The molecule has 0 bridgehead atoms. The van der Waals surface area contributed by atoms with E-state index >= 15 is 0 Å². The Balaban J connectivity index is 2.99. The van der Waals surface area contributed by atoms with Gasteiger partial charge in [0.2, 0.25) is 12.2 Å². The van der Waals surface area contributed by atoms with Crippen LogP contribution < -0.4 is 0 Å². The Morgan fingerprint density at radius 1 is 1.06 bits per heavy atom. The highest BCUT2D eigenvalue weighted by molar-refractivity contribution is 5.35. The molecule has 0 N–H and O–H groups in total. The summed E-state index contributed by atoms with van der Waals surface area (Å²) in [7, 11) is 0. The van der Waals surface area contributed by atoms with Crippen LogP contribution in [0.25, 0.3) is 0 Å². The van der Waals surface area contributed by atoms with E-state index < -0.39 is 0 Å². The van der Waals surface area contributed by atoms with Crippen molar-refractivity contribution in [3.63, 3.8) is 0 Å². The minimum Gasteiger partial charge on any atom is -0.211 e. The minimum atomic E-state index is -0.0941. The van der Waals surface area contributed by atoms with E-state index in [1.54, 1.807) is 12.2 Å². The molecule has 0 spiro atoms. The van der Waals surface area contributed by atoms with E-state index in [2.05, 4.69) is 30.8 Å². The number of nitrogens with zero attached hydrogens (tertiary/aromatic N) is 2. The van der Waals surface area contributed by atoms with Gasteiger partial charge in [-0.2, -0.15) is 0 Å². The second-order valence-electron chi connectivity index (χ2n) is 5.91. The van der Waals surface area contributed by atoms with Gasteiger partial charge in [-0.3, -0.25) is 0 Å². The van der Waals surface area contributed by atoms with Crippen LogP contribution in [0.4, 0.5) is 0 Å². The molecule has 4 nitrogen and oxygen atoms in total. The highest BCUT2D eigenvalue weighted by atomic mass is 16.1. The van der Waals surface area contributed by atoms with E-state index in [9.17, 15) is 9.59 Å². The largest absolute Gasteiger partial charge is 0.235 e. The number of hydrogen-bond donors (Lipinski definition) is 0. The summed E-state index contributed by atoms with van der Waals surface area (Å²) >= 11 is 0. The van der Waals surface area contributed by atoms with Gasteiger partial charge >= 0.3 is 0 Å². The molecule has 0 aliphatic heterocycles. The van der Waals surface area contributed by atoms with Crippen LogP contribution in [0.3, 0.4) is 0 Å². The van der Waals surface area contributed by atoms with Crippen molar-refractivity contribution in [1.82, 2.24) is 0 Å².